The van der Waals surface area contributed by atoms with Crippen LogP contribution in [0.5, 0.6) is 0 Å². The van der Waals surface area contributed by atoms with Crippen molar-refractivity contribution in [3.63, 3.8) is 0 Å². The van der Waals surface area contributed by atoms with E-state index in [0.717, 1.165) is 16.4 Å². The molecule has 0 fully saturated rings. The SMILES string of the molecule is C/C(C=O)=C\Nc1ccc(C#N)cc1Br. The molecule has 0 radical (unpaired) electrons. The van der Waals surface area contributed by atoms with Crippen LogP contribution in [0.2, 0.25) is 0 Å². The van der Waals surface area contributed by atoms with E-state index in [1.165, 1.54) is 0 Å². The summed E-state index contributed by atoms with van der Waals surface area (Å²) in [5.74, 6) is 0. The van der Waals surface area contributed by atoms with E-state index in [1.807, 2.05) is 6.07 Å². The molecule has 4 heteroatoms. The number of halogens is 1. The van der Waals surface area contributed by atoms with Gasteiger partial charge in [-0.05, 0) is 41.1 Å². The third kappa shape index (κ3) is 3.22. The van der Waals surface area contributed by atoms with Gasteiger partial charge in [0.2, 0.25) is 0 Å². The molecule has 0 spiro atoms. The van der Waals surface area contributed by atoms with Gasteiger partial charge in [0, 0.05) is 16.2 Å². The number of allylic oxidation sites excluding steroid dienone is 1. The summed E-state index contributed by atoms with van der Waals surface area (Å²) >= 11 is 3.33. The van der Waals surface area contributed by atoms with Crippen molar-refractivity contribution in [2.45, 2.75) is 6.92 Å². The number of benzene rings is 1. The minimum Gasteiger partial charge on any atom is -0.360 e. The van der Waals surface area contributed by atoms with Crippen LogP contribution in [0.4, 0.5) is 5.69 Å². The van der Waals surface area contributed by atoms with Crippen LogP contribution in [0.25, 0.3) is 0 Å². The molecule has 0 saturated heterocycles. The van der Waals surface area contributed by atoms with Gasteiger partial charge in [-0.15, -0.1) is 0 Å². The van der Waals surface area contributed by atoms with E-state index in [0.29, 0.717) is 11.1 Å². The highest BCUT2D eigenvalue weighted by atomic mass is 79.9. The van der Waals surface area contributed by atoms with Crippen molar-refractivity contribution in [2.75, 3.05) is 5.32 Å². The normalized spacial score (nSPS) is 10.6. The number of nitriles is 1. The Morgan fingerprint density at radius 3 is 2.87 bits per heavy atom. The van der Waals surface area contributed by atoms with Crippen molar-refractivity contribution in [1.82, 2.24) is 0 Å². The lowest BCUT2D eigenvalue weighted by atomic mass is 10.2. The Morgan fingerprint density at radius 1 is 1.60 bits per heavy atom. The topological polar surface area (TPSA) is 52.9 Å². The van der Waals surface area contributed by atoms with Gasteiger partial charge in [0.1, 0.15) is 6.29 Å². The van der Waals surface area contributed by atoms with Gasteiger partial charge in [-0.3, -0.25) is 4.79 Å². The van der Waals surface area contributed by atoms with Crippen LogP contribution in [-0.4, -0.2) is 6.29 Å². The number of hydrogen-bond donors (Lipinski definition) is 1. The second-order valence-corrected chi connectivity index (χ2v) is 3.81. The zero-order chi connectivity index (χ0) is 11.3. The minimum atomic E-state index is 0.587. The predicted octanol–water partition coefficient (Wildman–Crippen LogP) is 2.84. The molecule has 0 atom stereocenters. The van der Waals surface area contributed by atoms with Crippen LogP contribution in [0.15, 0.2) is 34.4 Å². The number of rotatable bonds is 3. The van der Waals surface area contributed by atoms with E-state index in [9.17, 15) is 4.79 Å². The molecule has 1 N–H and O–H groups in total. The fourth-order valence-electron chi connectivity index (χ4n) is 0.927. The van der Waals surface area contributed by atoms with Gasteiger partial charge in [0.25, 0.3) is 0 Å². The highest BCUT2D eigenvalue weighted by Gasteiger charge is 1.99. The lowest BCUT2D eigenvalue weighted by Crippen LogP contribution is -1.92. The molecule has 76 valence electrons. The van der Waals surface area contributed by atoms with E-state index in [-0.39, 0.29) is 0 Å². The van der Waals surface area contributed by atoms with E-state index >= 15 is 0 Å². The van der Waals surface area contributed by atoms with Gasteiger partial charge < -0.3 is 5.32 Å². The van der Waals surface area contributed by atoms with Crippen molar-refractivity contribution in [1.29, 1.82) is 5.26 Å². The third-order valence-electron chi connectivity index (χ3n) is 1.74. The van der Waals surface area contributed by atoms with Crippen molar-refractivity contribution >= 4 is 27.9 Å². The first-order chi connectivity index (χ1) is 7.17. The Kier molecular flexibility index (Phi) is 4.07. The van der Waals surface area contributed by atoms with Crippen LogP contribution < -0.4 is 5.32 Å². The fraction of sp³-hybridized carbons (Fsp3) is 0.0909. The molecular weight excluding hydrogens is 256 g/mol. The summed E-state index contributed by atoms with van der Waals surface area (Å²) in [6.45, 7) is 1.71. The van der Waals surface area contributed by atoms with Crippen molar-refractivity contribution in [2.24, 2.45) is 0 Å². The summed E-state index contributed by atoms with van der Waals surface area (Å²) in [7, 11) is 0. The molecule has 0 bridgehead atoms. The quantitative estimate of drug-likeness (QED) is 0.675. The molecule has 0 saturated carbocycles. The van der Waals surface area contributed by atoms with Crippen LogP contribution >= 0.6 is 15.9 Å². The van der Waals surface area contributed by atoms with E-state index < -0.39 is 0 Å². The third-order valence-corrected chi connectivity index (χ3v) is 2.40. The van der Waals surface area contributed by atoms with Gasteiger partial charge in [-0.1, -0.05) is 0 Å². The largest absolute Gasteiger partial charge is 0.360 e. The lowest BCUT2D eigenvalue weighted by Gasteiger charge is -2.04. The summed E-state index contributed by atoms with van der Waals surface area (Å²) in [6, 6.07) is 7.24. The first-order valence-electron chi connectivity index (χ1n) is 4.25. The molecule has 0 heterocycles. The molecule has 1 aromatic carbocycles. The molecule has 0 aliphatic heterocycles. The van der Waals surface area contributed by atoms with Crippen LogP contribution in [0.3, 0.4) is 0 Å². The molecule has 1 rings (SSSR count). The zero-order valence-electron chi connectivity index (χ0n) is 8.12. The second-order valence-electron chi connectivity index (χ2n) is 2.96. The average molecular weight is 265 g/mol. The Labute approximate surface area is 96.5 Å². The van der Waals surface area contributed by atoms with Crippen molar-refractivity contribution < 1.29 is 4.79 Å². The van der Waals surface area contributed by atoms with Crippen LogP contribution in [0, 0.1) is 11.3 Å². The van der Waals surface area contributed by atoms with Gasteiger partial charge in [-0.25, -0.2) is 0 Å². The summed E-state index contributed by atoms with van der Waals surface area (Å²) < 4.78 is 0.788. The Morgan fingerprint density at radius 2 is 2.33 bits per heavy atom. The lowest BCUT2D eigenvalue weighted by molar-refractivity contribution is -0.104. The first kappa shape index (κ1) is 11.5. The Hall–Kier alpha value is -1.60. The van der Waals surface area contributed by atoms with E-state index in [4.69, 9.17) is 5.26 Å². The first-order valence-corrected chi connectivity index (χ1v) is 5.05. The van der Waals surface area contributed by atoms with Gasteiger partial charge in [0.15, 0.2) is 0 Å². The van der Waals surface area contributed by atoms with Crippen LogP contribution in [-0.2, 0) is 4.79 Å². The highest BCUT2D eigenvalue weighted by molar-refractivity contribution is 9.10. The van der Waals surface area contributed by atoms with Gasteiger partial charge in [0.05, 0.1) is 17.3 Å². The number of hydrogen-bond acceptors (Lipinski definition) is 3. The van der Waals surface area contributed by atoms with Gasteiger partial charge >= 0.3 is 0 Å². The Bertz CT molecular complexity index is 446. The zero-order valence-corrected chi connectivity index (χ0v) is 9.71. The smallest absolute Gasteiger partial charge is 0.147 e. The van der Waals surface area contributed by atoms with Gasteiger partial charge in [-0.2, -0.15) is 5.26 Å². The van der Waals surface area contributed by atoms with Crippen molar-refractivity contribution in [3.05, 3.63) is 40.0 Å². The molecule has 0 amide bonds. The van der Waals surface area contributed by atoms with E-state index in [1.54, 1.807) is 31.3 Å². The molecule has 1 aromatic rings. The standard InChI is InChI=1S/C11H9BrN2O/c1-8(7-15)6-14-11-3-2-9(5-13)4-10(11)12/h2-4,6-7,14H,1H3/b8-6+. The summed E-state index contributed by atoms with van der Waals surface area (Å²) in [4.78, 5) is 10.3. The molecular formula is C11H9BrN2O. The maximum absolute atomic E-state index is 10.3. The maximum Gasteiger partial charge on any atom is 0.147 e. The van der Waals surface area contributed by atoms with Crippen LogP contribution in [0.1, 0.15) is 12.5 Å². The predicted molar refractivity (Wildman–Crippen MR) is 62.3 cm³/mol. The van der Waals surface area contributed by atoms with Crippen molar-refractivity contribution in [3.8, 4) is 6.07 Å². The summed E-state index contributed by atoms with van der Waals surface area (Å²) in [5.41, 5.74) is 2.00. The average Bonchev–Trinajstić information content (AvgIpc) is 2.26. The number of nitrogens with one attached hydrogen (secondary N) is 1. The molecule has 0 aliphatic rings. The second kappa shape index (κ2) is 5.32. The summed E-state index contributed by atoms with van der Waals surface area (Å²) in [6.07, 6.45) is 2.38. The molecule has 15 heavy (non-hydrogen) atoms. The number of carbonyl (C=O) groups is 1. The summed E-state index contributed by atoms with van der Waals surface area (Å²) in [5, 5.41) is 11.6. The minimum absolute atomic E-state index is 0.587. The maximum atomic E-state index is 10.3. The fourth-order valence-corrected chi connectivity index (χ4v) is 1.42. The Balaban J connectivity index is 2.89. The molecule has 0 aliphatic carbocycles. The monoisotopic (exact) mass is 264 g/mol. The number of carbonyl (C=O) groups excluding carboxylic acids is 1. The number of nitrogens with zero attached hydrogens (tertiary/aromatic N) is 1. The number of aldehydes is 1. The van der Waals surface area contributed by atoms with E-state index in [2.05, 4.69) is 21.2 Å². The highest BCUT2D eigenvalue weighted by Crippen LogP contribution is 2.23. The molecule has 3 nitrogen and oxygen atoms in total. The molecule has 0 unspecified atom stereocenters. The number of anilines is 1. The molecule has 0 aromatic heterocycles.